The van der Waals surface area contributed by atoms with E-state index in [9.17, 15) is 0 Å². The number of nitrogens with one attached hydrogen (secondary N) is 1. The van der Waals surface area contributed by atoms with Gasteiger partial charge in [-0.05, 0) is 6.07 Å². The first-order valence-corrected chi connectivity index (χ1v) is 5.03. The molecule has 16 heavy (non-hydrogen) atoms. The molecule has 0 atom stereocenters. The van der Waals surface area contributed by atoms with Crippen molar-refractivity contribution in [1.29, 1.82) is 0 Å². The molecule has 0 aliphatic carbocycles. The van der Waals surface area contributed by atoms with Crippen molar-refractivity contribution < 1.29 is 0 Å². The number of nitrogens with zero attached hydrogens (tertiary/aromatic N) is 4. The van der Waals surface area contributed by atoms with Gasteiger partial charge in [0.05, 0.1) is 6.54 Å². The van der Waals surface area contributed by atoms with E-state index in [1.54, 1.807) is 18.5 Å². The Labute approximate surface area is 97.5 Å². The van der Waals surface area contributed by atoms with Crippen LogP contribution >= 0.6 is 11.6 Å². The van der Waals surface area contributed by atoms with Gasteiger partial charge >= 0.3 is 0 Å². The third kappa shape index (κ3) is 2.40. The van der Waals surface area contributed by atoms with E-state index in [0.29, 0.717) is 23.2 Å². The zero-order valence-electron chi connectivity index (χ0n) is 8.68. The molecule has 0 amide bonds. The highest BCUT2D eigenvalue weighted by Gasteiger charge is 2.02. The Morgan fingerprint density at radius 2 is 2.31 bits per heavy atom. The minimum absolute atomic E-state index is 0.362. The summed E-state index contributed by atoms with van der Waals surface area (Å²) < 4.78 is 1.82. The van der Waals surface area contributed by atoms with Crippen LogP contribution in [0.25, 0.3) is 0 Å². The molecule has 0 saturated heterocycles. The van der Waals surface area contributed by atoms with E-state index in [1.807, 2.05) is 11.6 Å². The molecule has 2 aromatic heterocycles. The minimum atomic E-state index is 0.362. The van der Waals surface area contributed by atoms with Crippen molar-refractivity contribution in [3.8, 4) is 0 Å². The number of aryl methyl sites for hydroxylation is 1. The Kier molecular flexibility index (Phi) is 2.91. The highest BCUT2D eigenvalue weighted by atomic mass is 35.5. The van der Waals surface area contributed by atoms with Crippen LogP contribution < -0.4 is 11.1 Å². The molecule has 0 saturated carbocycles. The zero-order valence-corrected chi connectivity index (χ0v) is 9.44. The van der Waals surface area contributed by atoms with Gasteiger partial charge < -0.3 is 15.6 Å². The number of hydrogen-bond donors (Lipinski definition) is 2. The smallest absolute Gasteiger partial charge is 0.151 e. The Morgan fingerprint density at radius 3 is 2.94 bits per heavy atom. The highest BCUT2D eigenvalue weighted by Crippen LogP contribution is 2.16. The molecule has 2 aromatic rings. The molecule has 0 radical (unpaired) electrons. The van der Waals surface area contributed by atoms with Gasteiger partial charge in [0, 0.05) is 18.8 Å². The maximum atomic E-state index is 5.78. The molecule has 0 aromatic carbocycles. The third-order valence-electron chi connectivity index (χ3n) is 2.05. The molecular weight excluding hydrogens is 228 g/mol. The number of pyridine rings is 1. The van der Waals surface area contributed by atoms with Crippen molar-refractivity contribution in [2.24, 2.45) is 7.05 Å². The van der Waals surface area contributed by atoms with E-state index in [-0.39, 0.29) is 0 Å². The quantitative estimate of drug-likeness (QED) is 0.782. The van der Waals surface area contributed by atoms with Crippen molar-refractivity contribution in [1.82, 2.24) is 19.7 Å². The van der Waals surface area contributed by atoms with Gasteiger partial charge in [-0.2, -0.15) is 0 Å². The summed E-state index contributed by atoms with van der Waals surface area (Å²) in [5.41, 5.74) is 6.21. The lowest BCUT2D eigenvalue weighted by Gasteiger charge is -2.06. The van der Waals surface area contributed by atoms with E-state index in [2.05, 4.69) is 20.5 Å². The fourth-order valence-corrected chi connectivity index (χ4v) is 1.46. The standard InChI is InChI=1S/C9H11ClN6/c1-16-5-13-15-9(16)4-12-8-3-6(11)2-7(10)14-8/h2-3,5H,4H2,1H3,(H3,11,12,14). The van der Waals surface area contributed by atoms with Crippen LogP contribution in [-0.2, 0) is 13.6 Å². The highest BCUT2D eigenvalue weighted by molar-refractivity contribution is 6.29. The van der Waals surface area contributed by atoms with E-state index >= 15 is 0 Å². The summed E-state index contributed by atoms with van der Waals surface area (Å²) in [4.78, 5) is 4.08. The molecule has 3 N–H and O–H groups in total. The van der Waals surface area contributed by atoms with Crippen LogP contribution in [0, 0.1) is 0 Å². The fraction of sp³-hybridized carbons (Fsp3) is 0.222. The van der Waals surface area contributed by atoms with Crippen LogP contribution in [0.5, 0.6) is 0 Å². The van der Waals surface area contributed by atoms with E-state index in [1.165, 1.54) is 0 Å². The molecule has 2 heterocycles. The lowest BCUT2D eigenvalue weighted by Crippen LogP contribution is -2.07. The monoisotopic (exact) mass is 238 g/mol. The Balaban J connectivity index is 2.07. The number of anilines is 2. The van der Waals surface area contributed by atoms with E-state index in [0.717, 1.165) is 5.82 Å². The van der Waals surface area contributed by atoms with Crippen LogP contribution in [-0.4, -0.2) is 19.7 Å². The van der Waals surface area contributed by atoms with Crippen molar-refractivity contribution in [2.45, 2.75) is 6.54 Å². The average molecular weight is 239 g/mol. The van der Waals surface area contributed by atoms with Crippen LogP contribution in [0.15, 0.2) is 18.5 Å². The zero-order chi connectivity index (χ0) is 11.5. The number of rotatable bonds is 3. The second-order valence-corrected chi connectivity index (χ2v) is 3.71. The van der Waals surface area contributed by atoms with Crippen LogP contribution in [0.1, 0.15) is 5.82 Å². The summed E-state index contributed by atoms with van der Waals surface area (Å²) >= 11 is 5.78. The third-order valence-corrected chi connectivity index (χ3v) is 2.24. The van der Waals surface area contributed by atoms with Gasteiger partial charge in [0.25, 0.3) is 0 Å². The molecule has 0 fully saturated rings. The van der Waals surface area contributed by atoms with Crippen molar-refractivity contribution in [3.05, 3.63) is 29.4 Å². The summed E-state index contributed by atoms with van der Waals surface area (Å²) in [5, 5.41) is 11.1. The minimum Gasteiger partial charge on any atom is -0.399 e. The molecule has 0 aliphatic rings. The molecular formula is C9H11ClN6. The van der Waals surface area contributed by atoms with Gasteiger partial charge in [0.15, 0.2) is 5.82 Å². The first-order valence-electron chi connectivity index (χ1n) is 4.65. The van der Waals surface area contributed by atoms with Crippen LogP contribution in [0.4, 0.5) is 11.5 Å². The number of nitrogen functional groups attached to an aromatic ring is 1. The van der Waals surface area contributed by atoms with Crippen LogP contribution in [0.2, 0.25) is 5.15 Å². The summed E-state index contributed by atoms with van der Waals surface area (Å²) in [7, 11) is 1.87. The molecule has 0 aliphatic heterocycles. The maximum absolute atomic E-state index is 5.78. The molecule has 2 rings (SSSR count). The van der Waals surface area contributed by atoms with Gasteiger partial charge in [-0.15, -0.1) is 10.2 Å². The Morgan fingerprint density at radius 1 is 1.50 bits per heavy atom. The average Bonchev–Trinajstić information content (AvgIpc) is 2.59. The predicted octanol–water partition coefficient (Wildman–Crippen LogP) is 1.06. The first-order chi connectivity index (χ1) is 7.65. The Bertz CT molecular complexity index is 474. The van der Waals surface area contributed by atoms with Crippen LogP contribution in [0.3, 0.4) is 0 Å². The van der Waals surface area contributed by atoms with Gasteiger partial charge in [0.2, 0.25) is 0 Å². The van der Waals surface area contributed by atoms with Crippen molar-refractivity contribution in [3.63, 3.8) is 0 Å². The summed E-state index contributed by atoms with van der Waals surface area (Å²) in [6.07, 6.45) is 1.64. The normalized spacial score (nSPS) is 10.4. The Hall–Kier alpha value is -1.82. The molecule has 0 unspecified atom stereocenters. The predicted molar refractivity (Wildman–Crippen MR) is 62.0 cm³/mol. The number of aromatic nitrogens is 4. The largest absolute Gasteiger partial charge is 0.399 e. The lowest BCUT2D eigenvalue weighted by molar-refractivity contribution is 0.810. The topological polar surface area (TPSA) is 81.7 Å². The summed E-state index contributed by atoms with van der Waals surface area (Å²) in [6.45, 7) is 0.517. The van der Waals surface area contributed by atoms with Gasteiger partial charge in [-0.1, -0.05) is 11.6 Å². The molecule has 0 bridgehead atoms. The fourth-order valence-electron chi connectivity index (χ4n) is 1.24. The van der Waals surface area contributed by atoms with E-state index < -0.39 is 0 Å². The summed E-state index contributed by atoms with van der Waals surface area (Å²) in [5.74, 6) is 1.42. The number of nitrogens with two attached hydrogens (primary N) is 1. The summed E-state index contributed by atoms with van der Waals surface area (Å²) in [6, 6.07) is 3.30. The van der Waals surface area contributed by atoms with Gasteiger partial charge in [-0.3, -0.25) is 0 Å². The molecule has 6 nitrogen and oxygen atoms in total. The second-order valence-electron chi connectivity index (χ2n) is 3.32. The number of hydrogen-bond acceptors (Lipinski definition) is 5. The van der Waals surface area contributed by atoms with Gasteiger partial charge in [0.1, 0.15) is 17.3 Å². The molecule has 7 heteroatoms. The van der Waals surface area contributed by atoms with Gasteiger partial charge in [-0.25, -0.2) is 4.98 Å². The maximum Gasteiger partial charge on any atom is 0.151 e. The SMILES string of the molecule is Cn1cnnc1CNc1cc(N)cc(Cl)n1. The number of halogens is 1. The van der Waals surface area contributed by atoms with Crippen molar-refractivity contribution in [2.75, 3.05) is 11.1 Å². The van der Waals surface area contributed by atoms with E-state index in [4.69, 9.17) is 17.3 Å². The first kappa shape index (κ1) is 10.7. The molecule has 84 valence electrons. The lowest BCUT2D eigenvalue weighted by atomic mass is 10.4. The van der Waals surface area contributed by atoms with Crippen molar-refractivity contribution >= 4 is 23.1 Å². The second kappa shape index (κ2) is 4.36. The molecule has 0 spiro atoms.